The van der Waals surface area contributed by atoms with Gasteiger partial charge in [-0.2, -0.15) is 13.2 Å². The molecule has 3 rings (SSSR count). The Balaban J connectivity index is 1.66. The standard InChI is InChI=1S/C22H23F4N3O2/c1-28(2)19(14-5-3-7-17(23)9-14)12-27-21(31)15-10-20(30)29(13-15)18-8-4-6-16(11-18)22(24,25)26/h3-9,11,15,19H,10,12-13H2,1-2H3,(H,27,31)/t15-,19-/m1/s1. The highest BCUT2D eigenvalue weighted by Gasteiger charge is 2.37. The zero-order chi connectivity index (χ0) is 22.8. The number of nitrogens with one attached hydrogen (secondary N) is 1. The maximum Gasteiger partial charge on any atom is 0.416 e. The lowest BCUT2D eigenvalue weighted by atomic mass is 10.0. The number of alkyl halides is 3. The first-order valence-electron chi connectivity index (χ1n) is 9.73. The quantitative estimate of drug-likeness (QED) is 0.703. The van der Waals surface area contributed by atoms with Crippen LogP contribution in [-0.4, -0.2) is 43.9 Å². The van der Waals surface area contributed by atoms with Gasteiger partial charge in [-0.15, -0.1) is 0 Å². The van der Waals surface area contributed by atoms with Crippen LogP contribution in [0.15, 0.2) is 48.5 Å². The van der Waals surface area contributed by atoms with Gasteiger partial charge in [-0.05, 0) is 50.0 Å². The first-order chi connectivity index (χ1) is 14.6. The van der Waals surface area contributed by atoms with Crippen molar-refractivity contribution in [3.05, 3.63) is 65.5 Å². The molecule has 0 radical (unpaired) electrons. The van der Waals surface area contributed by atoms with E-state index in [9.17, 15) is 27.2 Å². The van der Waals surface area contributed by atoms with Gasteiger partial charge in [0.05, 0.1) is 17.5 Å². The van der Waals surface area contributed by atoms with Crippen molar-refractivity contribution in [3.8, 4) is 0 Å². The molecule has 166 valence electrons. The Morgan fingerprint density at radius 2 is 1.90 bits per heavy atom. The molecule has 9 heteroatoms. The molecule has 0 saturated carbocycles. The van der Waals surface area contributed by atoms with E-state index in [2.05, 4.69) is 5.32 Å². The second-order valence-electron chi connectivity index (χ2n) is 7.73. The van der Waals surface area contributed by atoms with Crippen molar-refractivity contribution in [1.82, 2.24) is 10.2 Å². The lowest BCUT2D eigenvalue weighted by Gasteiger charge is -2.26. The van der Waals surface area contributed by atoms with E-state index in [1.54, 1.807) is 26.2 Å². The first-order valence-corrected chi connectivity index (χ1v) is 9.73. The molecule has 0 bridgehead atoms. The normalized spacial score (nSPS) is 17.8. The van der Waals surface area contributed by atoms with Crippen LogP contribution in [0.1, 0.15) is 23.6 Å². The number of amides is 2. The number of halogens is 4. The molecule has 0 unspecified atom stereocenters. The summed E-state index contributed by atoms with van der Waals surface area (Å²) in [7, 11) is 3.60. The Kier molecular flexibility index (Phi) is 6.64. The predicted octanol–water partition coefficient (Wildman–Crippen LogP) is 3.62. The molecule has 1 saturated heterocycles. The molecule has 0 spiro atoms. The van der Waals surface area contributed by atoms with E-state index >= 15 is 0 Å². The summed E-state index contributed by atoms with van der Waals surface area (Å²) in [6, 6.07) is 10.3. The first kappa shape index (κ1) is 22.7. The topological polar surface area (TPSA) is 52.7 Å². The molecule has 31 heavy (non-hydrogen) atoms. The highest BCUT2D eigenvalue weighted by molar-refractivity contribution is 6.00. The van der Waals surface area contributed by atoms with Crippen LogP contribution in [0.2, 0.25) is 0 Å². The molecule has 2 aromatic rings. The fourth-order valence-electron chi connectivity index (χ4n) is 3.64. The number of benzene rings is 2. The third kappa shape index (κ3) is 5.41. The van der Waals surface area contributed by atoms with Gasteiger partial charge >= 0.3 is 6.18 Å². The molecule has 1 heterocycles. The van der Waals surface area contributed by atoms with Crippen LogP contribution in [-0.2, 0) is 15.8 Å². The average molecular weight is 437 g/mol. The number of likely N-dealkylation sites (N-methyl/N-ethyl adjacent to an activating group) is 1. The molecule has 0 aromatic heterocycles. The lowest BCUT2D eigenvalue weighted by molar-refractivity contribution is -0.137. The van der Waals surface area contributed by atoms with Crippen LogP contribution < -0.4 is 10.2 Å². The number of nitrogens with zero attached hydrogens (tertiary/aromatic N) is 2. The maximum atomic E-state index is 13.6. The van der Waals surface area contributed by atoms with E-state index in [4.69, 9.17) is 0 Å². The van der Waals surface area contributed by atoms with Crippen LogP contribution in [0.5, 0.6) is 0 Å². The number of rotatable bonds is 6. The van der Waals surface area contributed by atoms with Crippen LogP contribution in [0.4, 0.5) is 23.2 Å². The molecule has 2 aromatic carbocycles. The predicted molar refractivity (Wildman–Crippen MR) is 108 cm³/mol. The summed E-state index contributed by atoms with van der Waals surface area (Å²) in [6.45, 7) is 0.197. The van der Waals surface area contributed by atoms with E-state index in [0.29, 0.717) is 5.56 Å². The summed E-state index contributed by atoms with van der Waals surface area (Å²) in [5.74, 6) is -1.84. The SMILES string of the molecule is CN(C)[C@H](CNC(=O)[C@@H]1CC(=O)N(c2cccc(C(F)(F)F)c2)C1)c1cccc(F)c1. The van der Waals surface area contributed by atoms with Crippen molar-refractivity contribution in [2.24, 2.45) is 5.92 Å². The van der Waals surface area contributed by atoms with E-state index in [1.807, 2.05) is 4.90 Å². The van der Waals surface area contributed by atoms with E-state index in [-0.39, 0.29) is 43.0 Å². The molecule has 2 amide bonds. The fraction of sp³-hybridized carbons (Fsp3) is 0.364. The van der Waals surface area contributed by atoms with Crippen molar-refractivity contribution in [2.45, 2.75) is 18.6 Å². The van der Waals surface area contributed by atoms with E-state index in [0.717, 1.165) is 12.1 Å². The van der Waals surface area contributed by atoms with Crippen LogP contribution in [0, 0.1) is 11.7 Å². The van der Waals surface area contributed by atoms with Gasteiger partial charge in [-0.3, -0.25) is 9.59 Å². The molecule has 2 atom stereocenters. The summed E-state index contributed by atoms with van der Waals surface area (Å²) in [5.41, 5.74) is -0.0472. The van der Waals surface area contributed by atoms with Crippen LogP contribution in [0.25, 0.3) is 0 Å². The van der Waals surface area contributed by atoms with Gasteiger partial charge in [0.1, 0.15) is 5.82 Å². The smallest absolute Gasteiger partial charge is 0.354 e. The second kappa shape index (κ2) is 9.05. The number of hydrogen-bond acceptors (Lipinski definition) is 3. The van der Waals surface area contributed by atoms with Crippen molar-refractivity contribution >= 4 is 17.5 Å². The Bertz CT molecular complexity index is 962. The molecule has 1 aliphatic rings. The minimum atomic E-state index is -4.52. The molecular weight excluding hydrogens is 414 g/mol. The number of carbonyl (C=O) groups is 2. The number of hydrogen-bond donors (Lipinski definition) is 1. The number of carbonyl (C=O) groups excluding carboxylic acids is 2. The summed E-state index contributed by atoms with van der Waals surface area (Å²) in [4.78, 5) is 28.1. The molecule has 1 fully saturated rings. The monoisotopic (exact) mass is 437 g/mol. The number of anilines is 1. The minimum Gasteiger partial charge on any atom is -0.354 e. The van der Waals surface area contributed by atoms with Crippen LogP contribution >= 0.6 is 0 Å². The third-order valence-corrected chi connectivity index (χ3v) is 5.31. The highest BCUT2D eigenvalue weighted by atomic mass is 19.4. The lowest BCUT2D eigenvalue weighted by Crippen LogP contribution is -2.38. The van der Waals surface area contributed by atoms with Crippen LogP contribution in [0.3, 0.4) is 0 Å². The van der Waals surface area contributed by atoms with Gasteiger partial charge < -0.3 is 15.1 Å². The average Bonchev–Trinajstić information content (AvgIpc) is 3.09. The third-order valence-electron chi connectivity index (χ3n) is 5.31. The largest absolute Gasteiger partial charge is 0.416 e. The van der Waals surface area contributed by atoms with Gasteiger partial charge in [-0.25, -0.2) is 4.39 Å². The maximum absolute atomic E-state index is 13.6. The summed E-state index contributed by atoms with van der Waals surface area (Å²) in [6.07, 6.45) is -4.61. The summed E-state index contributed by atoms with van der Waals surface area (Å²) in [5, 5.41) is 2.79. The molecule has 5 nitrogen and oxygen atoms in total. The molecule has 1 N–H and O–H groups in total. The minimum absolute atomic E-state index is 0.00142. The van der Waals surface area contributed by atoms with Crippen molar-refractivity contribution < 1.29 is 27.2 Å². The highest BCUT2D eigenvalue weighted by Crippen LogP contribution is 2.33. The van der Waals surface area contributed by atoms with E-state index < -0.39 is 23.6 Å². The van der Waals surface area contributed by atoms with Gasteiger partial charge in [-0.1, -0.05) is 18.2 Å². The van der Waals surface area contributed by atoms with E-state index in [1.165, 1.54) is 29.2 Å². The van der Waals surface area contributed by atoms with Gasteiger partial charge in [0, 0.05) is 25.2 Å². The second-order valence-corrected chi connectivity index (χ2v) is 7.73. The van der Waals surface area contributed by atoms with Crippen molar-refractivity contribution in [1.29, 1.82) is 0 Å². The molecule has 0 aliphatic carbocycles. The molecular formula is C22H23F4N3O2. The van der Waals surface area contributed by atoms with Gasteiger partial charge in [0.25, 0.3) is 0 Å². The van der Waals surface area contributed by atoms with Crippen molar-refractivity contribution in [3.63, 3.8) is 0 Å². The zero-order valence-electron chi connectivity index (χ0n) is 17.1. The summed E-state index contributed by atoms with van der Waals surface area (Å²) >= 11 is 0. The zero-order valence-corrected chi connectivity index (χ0v) is 17.1. The Morgan fingerprint density at radius 1 is 1.19 bits per heavy atom. The van der Waals surface area contributed by atoms with Gasteiger partial charge in [0.2, 0.25) is 11.8 Å². The Labute approximate surface area is 177 Å². The van der Waals surface area contributed by atoms with Crippen molar-refractivity contribution in [2.75, 3.05) is 32.1 Å². The molecule has 1 aliphatic heterocycles. The Morgan fingerprint density at radius 3 is 2.55 bits per heavy atom. The summed E-state index contributed by atoms with van der Waals surface area (Å²) < 4.78 is 52.5. The Hall–Kier alpha value is -2.94. The fourth-order valence-corrected chi connectivity index (χ4v) is 3.64. The van der Waals surface area contributed by atoms with Gasteiger partial charge in [0.15, 0.2) is 0 Å².